The third-order valence-corrected chi connectivity index (χ3v) is 5.16. The van der Waals surface area contributed by atoms with Gasteiger partial charge in [0.15, 0.2) is 5.82 Å². The maximum atomic E-state index is 12.3. The lowest BCUT2D eigenvalue weighted by Crippen LogP contribution is -2.53. The average Bonchev–Trinajstić information content (AvgIpc) is 3.24. The van der Waals surface area contributed by atoms with Crippen LogP contribution in [0.5, 0.6) is 0 Å². The van der Waals surface area contributed by atoms with Gasteiger partial charge in [-0.15, -0.1) is 11.3 Å². The molecule has 0 aliphatic carbocycles. The Morgan fingerprint density at radius 1 is 1.42 bits per heavy atom. The van der Waals surface area contributed by atoms with Crippen molar-refractivity contribution in [3.63, 3.8) is 0 Å². The van der Waals surface area contributed by atoms with E-state index in [2.05, 4.69) is 25.3 Å². The van der Waals surface area contributed by atoms with Crippen molar-refractivity contribution in [2.24, 2.45) is 0 Å². The monoisotopic (exact) mass is 349 g/mol. The zero-order valence-electron chi connectivity index (χ0n) is 14.1. The minimum Gasteiger partial charge on any atom is -0.350 e. The quantitative estimate of drug-likeness (QED) is 0.846. The highest BCUT2D eigenvalue weighted by atomic mass is 32.1. The van der Waals surface area contributed by atoms with Crippen LogP contribution < -0.4 is 5.32 Å². The van der Waals surface area contributed by atoms with Crippen LogP contribution in [0.2, 0.25) is 0 Å². The molecular formula is C16H23N5O2S. The van der Waals surface area contributed by atoms with E-state index in [1.807, 2.05) is 31.4 Å². The third-order valence-electron chi connectivity index (χ3n) is 4.28. The van der Waals surface area contributed by atoms with E-state index in [1.54, 1.807) is 11.3 Å². The molecule has 3 heterocycles. The highest BCUT2D eigenvalue weighted by molar-refractivity contribution is 7.09. The highest BCUT2D eigenvalue weighted by Crippen LogP contribution is 2.11. The van der Waals surface area contributed by atoms with Gasteiger partial charge in [-0.25, -0.2) is 0 Å². The molecule has 0 spiro atoms. The van der Waals surface area contributed by atoms with Gasteiger partial charge in [0, 0.05) is 31.1 Å². The number of hydrogen-bond donors (Lipinski definition) is 1. The summed E-state index contributed by atoms with van der Waals surface area (Å²) in [6, 6.07) is 3.92. The van der Waals surface area contributed by atoms with Gasteiger partial charge in [0.2, 0.25) is 11.8 Å². The van der Waals surface area contributed by atoms with Gasteiger partial charge < -0.3 is 9.84 Å². The molecule has 3 rings (SSSR count). The minimum absolute atomic E-state index is 0.0874. The fourth-order valence-electron chi connectivity index (χ4n) is 2.81. The Kier molecular flexibility index (Phi) is 5.60. The van der Waals surface area contributed by atoms with Crippen molar-refractivity contribution < 1.29 is 9.32 Å². The molecule has 0 bridgehead atoms. The van der Waals surface area contributed by atoms with Gasteiger partial charge >= 0.3 is 0 Å². The minimum atomic E-state index is -0.113. The number of carbonyl (C=O) groups excluding carboxylic acids is 1. The van der Waals surface area contributed by atoms with Gasteiger partial charge in [-0.1, -0.05) is 11.2 Å². The zero-order valence-corrected chi connectivity index (χ0v) is 14.9. The predicted octanol–water partition coefficient (Wildman–Crippen LogP) is 1.26. The summed E-state index contributed by atoms with van der Waals surface area (Å²) in [5.74, 6) is 1.41. The number of nitrogens with zero attached hydrogens (tertiary/aromatic N) is 4. The maximum absolute atomic E-state index is 12.3. The van der Waals surface area contributed by atoms with Crippen LogP contribution in [-0.4, -0.2) is 58.1 Å². The average molecular weight is 349 g/mol. The zero-order chi connectivity index (χ0) is 16.9. The van der Waals surface area contributed by atoms with Gasteiger partial charge in [-0.2, -0.15) is 4.98 Å². The Balaban J connectivity index is 1.42. The van der Waals surface area contributed by atoms with Crippen LogP contribution in [0.25, 0.3) is 0 Å². The van der Waals surface area contributed by atoms with Crippen LogP contribution in [0.3, 0.4) is 0 Å². The van der Waals surface area contributed by atoms with E-state index >= 15 is 0 Å². The number of amides is 1. The molecule has 1 N–H and O–H groups in total. The first-order chi connectivity index (χ1) is 11.6. The number of carbonyl (C=O) groups is 1. The Labute approximate surface area is 145 Å². The summed E-state index contributed by atoms with van der Waals surface area (Å²) in [6.45, 7) is 8.59. The number of piperazine rings is 1. The summed E-state index contributed by atoms with van der Waals surface area (Å²) in [6.07, 6.45) is 0. The Bertz CT molecular complexity index is 649. The first-order valence-electron chi connectivity index (χ1n) is 8.17. The van der Waals surface area contributed by atoms with Crippen molar-refractivity contribution >= 4 is 17.2 Å². The van der Waals surface area contributed by atoms with Crippen LogP contribution in [-0.2, 0) is 17.9 Å². The van der Waals surface area contributed by atoms with Crippen molar-refractivity contribution in [3.8, 4) is 0 Å². The molecule has 8 heteroatoms. The molecule has 7 nitrogen and oxygen atoms in total. The summed E-state index contributed by atoms with van der Waals surface area (Å²) in [5, 5.41) is 8.86. The second-order valence-electron chi connectivity index (χ2n) is 6.02. The highest BCUT2D eigenvalue weighted by Gasteiger charge is 2.26. The topological polar surface area (TPSA) is 74.5 Å². The molecular weight excluding hydrogens is 326 g/mol. The number of thiophene rings is 1. The second-order valence-corrected chi connectivity index (χ2v) is 7.05. The Morgan fingerprint density at radius 3 is 2.83 bits per heavy atom. The molecule has 1 unspecified atom stereocenters. The van der Waals surface area contributed by atoms with E-state index in [0.29, 0.717) is 24.8 Å². The smallest absolute Gasteiger partial charge is 0.240 e. The number of aryl methyl sites for hydroxylation is 1. The lowest BCUT2D eigenvalue weighted by molar-refractivity contribution is -0.126. The summed E-state index contributed by atoms with van der Waals surface area (Å²) < 4.78 is 5.17. The normalized spacial score (nSPS) is 17.8. The predicted molar refractivity (Wildman–Crippen MR) is 91.5 cm³/mol. The number of rotatable bonds is 6. The molecule has 1 aliphatic heterocycles. The van der Waals surface area contributed by atoms with Crippen molar-refractivity contribution in [1.82, 2.24) is 25.3 Å². The fourth-order valence-corrected chi connectivity index (χ4v) is 3.45. The van der Waals surface area contributed by atoms with Crippen molar-refractivity contribution in [2.45, 2.75) is 33.0 Å². The van der Waals surface area contributed by atoms with Gasteiger partial charge in [0.1, 0.15) is 0 Å². The van der Waals surface area contributed by atoms with Crippen molar-refractivity contribution in [3.05, 3.63) is 34.1 Å². The molecule has 2 aromatic rings. The van der Waals surface area contributed by atoms with E-state index in [9.17, 15) is 4.79 Å². The molecule has 1 saturated heterocycles. The van der Waals surface area contributed by atoms with Crippen molar-refractivity contribution in [1.29, 1.82) is 0 Å². The Hall–Kier alpha value is -1.77. The molecule has 0 radical (unpaired) electrons. The summed E-state index contributed by atoms with van der Waals surface area (Å²) >= 11 is 1.66. The molecule has 1 amide bonds. The SMILES string of the molecule is Cc1noc(CN2CCN(C(C)C(=O)NCc3cccs3)CC2)n1. The standard InChI is InChI=1S/C16H23N5O2S/c1-12(16(22)17-10-14-4-3-9-24-14)21-7-5-20(6-8-21)11-15-18-13(2)19-23-15/h3-4,9,12H,5-8,10-11H2,1-2H3,(H,17,22). The summed E-state index contributed by atoms with van der Waals surface area (Å²) in [7, 11) is 0. The van der Waals surface area contributed by atoms with Crippen LogP contribution >= 0.6 is 11.3 Å². The maximum Gasteiger partial charge on any atom is 0.240 e. The van der Waals surface area contributed by atoms with Gasteiger partial charge in [0.25, 0.3) is 0 Å². The van der Waals surface area contributed by atoms with Crippen LogP contribution in [0.1, 0.15) is 23.5 Å². The van der Waals surface area contributed by atoms with E-state index in [1.165, 1.54) is 4.88 Å². The third kappa shape index (κ3) is 4.40. The van der Waals surface area contributed by atoms with E-state index < -0.39 is 0 Å². The summed E-state index contributed by atoms with van der Waals surface area (Å²) in [5.41, 5.74) is 0. The molecule has 0 aromatic carbocycles. The molecule has 130 valence electrons. The van der Waals surface area contributed by atoms with Gasteiger partial charge in [-0.3, -0.25) is 14.6 Å². The van der Waals surface area contributed by atoms with Gasteiger partial charge in [0.05, 0.1) is 19.1 Å². The molecule has 1 aliphatic rings. The second kappa shape index (κ2) is 7.87. The van der Waals surface area contributed by atoms with E-state index in [0.717, 1.165) is 26.2 Å². The molecule has 2 aromatic heterocycles. The molecule has 0 saturated carbocycles. The van der Waals surface area contributed by atoms with E-state index in [4.69, 9.17) is 4.52 Å². The summed E-state index contributed by atoms with van der Waals surface area (Å²) in [4.78, 5) is 22.2. The molecule has 1 fully saturated rings. The number of nitrogens with one attached hydrogen (secondary N) is 1. The molecule has 1 atom stereocenters. The van der Waals surface area contributed by atoms with E-state index in [-0.39, 0.29) is 11.9 Å². The van der Waals surface area contributed by atoms with Gasteiger partial charge in [-0.05, 0) is 25.3 Å². The molecule has 24 heavy (non-hydrogen) atoms. The van der Waals surface area contributed by atoms with Crippen LogP contribution in [0, 0.1) is 6.92 Å². The Morgan fingerprint density at radius 2 is 2.21 bits per heavy atom. The number of aromatic nitrogens is 2. The first-order valence-corrected chi connectivity index (χ1v) is 9.05. The largest absolute Gasteiger partial charge is 0.350 e. The lowest BCUT2D eigenvalue weighted by atomic mass is 10.2. The number of hydrogen-bond acceptors (Lipinski definition) is 7. The van der Waals surface area contributed by atoms with Crippen LogP contribution in [0.15, 0.2) is 22.0 Å². The lowest BCUT2D eigenvalue weighted by Gasteiger charge is -2.36. The fraction of sp³-hybridized carbons (Fsp3) is 0.562. The van der Waals surface area contributed by atoms with Crippen LogP contribution in [0.4, 0.5) is 0 Å². The van der Waals surface area contributed by atoms with Crippen molar-refractivity contribution in [2.75, 3.05) is 26.2 Å². The first kappa shape index (κ1) is 17.1.